The lowest BCUT2D eigenvalue weighted by Crippen LogP contribution is -2.50. The topological polar surface area (TPSA) is 55.8 Å². The lowest BCUT2D eigenvalue weighted by atomic mass is 9.95. The van der Waals surface area contributed by atoms with Crippen LogP contribution in [0, 0.1) is 0 Å². The number of likely N-dealkylation sites (tertiary alicyclic amines) is 1. The summed E-state index contributed by atoms with van der Waals surface area (Å²) >= 11 is 0. The molecule has 1 amide bonds. The highest BCUT2D eigenvalue weighted by Crippen LogP contribution is 2.25. The van der Waals surface area contributed by atoms with E-state index < -0.39 is 11.7 Å². The molecule has 0 aromatic heterocycles. The van der Waals surface area contributed by atoms with Gasteiger partial charge in [0.2, 0.25) is 0 Å². The van der Waals surface area contributed by atoms with Crippen LogP contribution >= 0.6 is 0 Å². The normalized spacial score (nSPS) is 24.1. The maximum Gasteiger partial charge on any atom is 0.410 e. The van der Waals surface area contributed by atoms with Gasteiger partial charge in [-0.25, -0.2) is 9.59 Å². The molecule has 1 saturated heterocycles. The molecule has 1 aliphatic heterocycles. The van der Waals surface area contributed by atoms with E-state index in [1.807, 2.05) is 33.6 Å². The first-order valence-electron chi connectivity index (χ1n) is 6.66. The Bertz CT molecular complexity index is 379. The van der Waals surface area contributed by atoms with Gasteiger partial charge in [-0.15, -0.1) is 0 Å². The van der Waals surface area contributed by atoms with Crippen molar-refractivity contribution in [1.29, 1.82) is 0 Å². The van der Waals surface area contributed by atoms with E-state index in [0.29, 0.717) is 25.1 Å². The van der Waals surface area contributed by atoms with Gasteiger partial charge in [0.15, 0.2) is 0 Å². The molecule has 108 valence electrons. The molecule has 1 fully saturated rings. The maximum absolute atomic E-state index is 12.1. The van der Waals surface area contributed by atoms with Crippen LogP contribution in [-0.4, -0.2) is 47.8 Å². The van der Waals surface area contributed by atoms with Crippen molar-refractivity contribution in [2.24, 2.45) is 0 Å². The molecule has 2 unspecified atom stereocenters. The van der Waals surface area contributed by atoms with Crippen LogP contribution in [0.3, 0.4) is 0 Å². The van der Waals surface area contributed by atoms with Crippen LogP contribution in [0.25, 0.3) is 0 Å². The molecule has 0 aromatic carbocycles. The molecule has 0 radical (unpaired) electrons. The molecule has 0 aliphatic carbocycles. The zero-order chi connectivity index (χ0) is 14.6. The molecule has 5 heteroatoms. The van der Waals surface area contributed by atoms with Crippen molar-refractivity contribution < 1.29 is 19.1 Å². The number of piperidine rings is 1. The van der Waals surface area contributed by atoms with Gasteiger partial charge in [-0.2, -0.15) is 0 Å². The van der Waals surface area contributed by atoms with Crippen molar-refractivity contribution in [2.45, 2.75) is 58.8 Å². The summed E-state index contributed by atoms with van der Waals surface area (Å²) in [5.41, 5.74) is -0.0579. The Hall–Kier alpha value is -1.32. The third-order valence-corrected chi connectivity index (χ3v) is 3.01. The Morgan fingerprint density at radius 2 is 2.11 bits per heavy atom. The van der Waals surface area contributed by atoms with E-state index >= 15 is 0 Å². The van der Waals surface area contributed by atoms with Crippen molar-refractivity contribution in [3.05, 3.63) is 5.57 Å². The van der Waals surface area contributed by atoms with Gasteiger partial charge in [-0.1, -0.05) is 0 Å². The summed E-state index contributed by atoms with van der Waals surface area (Å²) in [5.74, 6) is 1.93. The Morgan fingerprint density at radius 1 is 1.47 bits per heavy atom. The average molecular weight is 269 g/mol. The number of carbonyl (C=O) groups is 1. The minimum absolute atomic E-state index is 0.240. The van der Waals surface area contributed by atoms with Crippen LogP contribution in [0.5, 0.6) is 0 Å². The van der Waals surface area contributed by atoms with Crippen molar-refractivity contribution in [2.75, 3.05) is 13.2 Å². The minimum atomic E-state index is -0.543. The molecular weight excluding hydrogens is 246 g/mol. The lowest BCUT2D eigenvalue weighted by molar-refractivity contribution is -0.000492. The van der Waals surface area contributed by atoms with E-state index in [0.717, 1.165) is 0 Å². The van der Waals surface area contributed by atoms with E-state index in [2.05, 4.69) is 0 Å². The van der Waals surface area contributed by atoms with Crippen molar-refractivity contribution in [3.63, 3.8) is 0 Å². The second-order valence-corrected chi connectivity index (χ2v) is 5.64. The maximum atomic E-state index is 12.1. The average Bonchev–Trinajstić information content (AvgIpc) is 2.27. The highest BCUT2D eigenvalue weighted by molar-refractivity contribution is 5.71. The Morgan fingerprint density at radius 3 is 2.58 bits per heavy atom. The predicted molar refractivity (Wildman–Crippen MR) is 71.6 cm³/mol. The number of amides is 1. The van der Waals surface area contributed by atoms with E-state index in [-0.39, 0.29) is 12.1 Å². The standard InChI is InChI=1S/C14H23NO4/c1-6-18-12-7-8-15(10(2)11(12)9-16)13(17)19-14(3,4)5/h10,12H,6-8H2,1-5H3. The second-order valence-electron chi connectivity index (χ2n) is 5.64. The fourth-order valence-electron chi connectivity index (χ4n) is 2.14. The molecule has 19 heavy (non-hydrogen) atoms. The molecule has 0 spiro atoms. The van der Waals surface area contributed by atoms with Crippen LogP contribution < -0.4 is 0 Å². The molecule has 2 atom stereocenters. The third-order valence-electron chi connectivity index (χ3n) is 3.01. The first-order chi connectivity index (χ1) is 8.80. The zero-order valence-corrected chi connectivity index (χ0v) is 12.4. The number of nitrogens with zero attached hydrogens (tertiary/aromatic N) is 1. The van der Waals surface area contributed by atoms with Gasteiger partial charge in [0.05, 0.1) is 17.7 Å². The van der Waals surface area contributed by atoms with Gasteiger partial charge in [0.1, 0.15) is 11.5 Å². The molecule has 0 N–H and O–H groups in total. The van der Waals surface area contributed by atoms with E-state index in [9.17, 15) is 9.59 Å². The number of ether oxygens (including phenoxy) is 2. The first-order valence-corrected chi connectivity index (χ1v) is 6.66. The lowest BCUT2D eigenvalue weighted by Gasteiger charge is -2.38. The van der Waals surface area contributed by atoms with Gasteiger partial charge >= 0.3 is 6.09 Å². The third kappa shape index (κ3) is 4.08. The molecule has 1 aliphatic rings. The number of hydrogen-bond acceptors (Lipinski definition) is 4. The van der Waals surface area contributed by atoms with Gasteiger partial charge in [0, 0.05) is 13.2 Å². The van der Waals surface area contributed by atoms with Crippen LogP contribution in [0.4, 0.5) is 4.79 Å². The quantitative estimate of drug-likeness (QED) is 0.721. The molecule has 1 heterocycles. The summed E-state index contributed by atoms with van der Waals surface area (Å²) in [4.78, 5) is 24.7. The molecule has 5 nitrogen and oxygen atoms in total. The molecule has 0 saturated carbocycles. The molecular formula is C14H23NO4. The van der Waals surface area contributed by atoms with Crippen LogP contribution in [0.2, 0.25) is 0 Å². The Kier molecular flexibility index (Phi) is 5.15. The Labute approximate surface area is 114 Å². The molecule has 0 aromatic rings. The summed E-state index contributed by atoms with van der Waals surface area (Å²) in [7, 11) is 0. The summed E-state index contributed by atoms with van der Waals surface area (Å²) in [6, 6.07) is -0.336. The molecule has 1 rings (SSSR count). The van der Waals surface area contributed by atoms with Crippen LogP contribution in [-0.2, 0) is 14.3 Å². The monoisotopic (exact) mass is 269 g/mol. The predicted octanol–water partition coefficient (Wildman–Crippen LogP) is 2.18. The smallest absolute Gasteiger partial charge is 0.410 e. The zero-order valence-electron chi connectivity index (χ0n) is 12.4. The fraction of sp³-hybridized carbons (Fsp3) is 0.786. The van der Waals surface area contributed by atoms with Crippen molar-refractivity contribution in [3.8, 4) is 0 Å². The van der Waals surface area contributed by atoms with Gasteiger partial charge in [-0.05, 0) is 41.0 Å². The SMILES string of the molecule is CCOC1CCN(C(=O)OC(C)(C)C)C(C)C1=C=O. The Balaban J connectivity index is 2.80. The summed E-state index contributed by atoms with van der Waals surface area (Å²) < 4.78 is 10.8. The first kappa shape index (κ1) is 15.7. The highest BCUT2D eigenvalue weighted by Gasteiger charge is 2.36. The van der Waals surface area contributed by atoms with E-state index in [1.54, 1.807) is 11.8 Å². The van der Waals surface area contributed by atoms with Crippen molar-refractivity contribution >= 4 is 12.0 Å². The fourth-order valence-corrected chi connectivity index (χ4v) is 2.14. The van der Waals surface area contributed by atoms with E-state index in [4.69, 9.17) is 9.47 Å². The minimum Gasteiger partial charge on any atom is -0.444 e. The van der Waals surface area contributed by atoms with Gasteiger partial charge in [0.25, 0.3) is 0 Å². The number of carbonyl (C=O) groups excluding carboxylic acids is 2. The second kappa shape index (κ2) is 6.22. The van der Waals surface area contributed by atoms with Gasteiger partial charge in [-0.3, -0.25) is 0 Å². The summed E-state index contributed by atoms with van der Waals surface area (Å²) in [6.45, 7) is 10.2. The summed E-state index contributed by atoms with van der Waals surface area (Å²) in [5, 5.41) is 0. The number of rotatable bonds is 2. The summed E-state index contributed by atoms with van der Waals surface area (Å²) in [6.07, 6.45) is -0.0407. The van der Waals surface area contributed by atoms with Crippen molar-refractivity contribution in [1.82, 2.24) is 4.90 Å². The van der Waals surface area contributed by atoms with Gasteiger partial charge < -0.3 is 14.4 Å². The van der Waals surface area contributed by atoms with Crippen LogP contribution in [0.1, 0.15) is 41.0 Å². The molecule has 0 bridgehead atoms. The highest BCUT2D eigenvalue weighted by atomic mass is 16.6. The number of hydrogen-bond donors (Lipinski definition) is 0. The van der Waals surface area contributed by atoms with Crippen LogP contribution in [0.15, 0.2) is 5.57 Å². The van der Waals surface area contributed by atoms with E-state index in [1.165, 1.54) is 0 Å². The largest absolute Gasteiger partial charge is 0.444 e.